The summed E-state index contributed by atoms with van der Waals surface area (Å²) in [4.78, 5) is 0. The summed E-state index contributed by atoms with van der Waals surface area (Å²) >= 11 is 5.33. The molecule has 25 heavy (non-hydrogen) atoms. The molecule has 0 radical (unpaired) electrons. The van der Waals surface area contributed by atoms with E-state index in [1.807, 2.05) is 0 Å². The van der Waals surface area contributed by atoms with Gasteiger partial charge < -0.3 is 20.7 Å². The minimum absolute atomic E-state index is 0.00832. The zero-order valence-corrected chi connectivity index (χ0v) is 15.6. The number of hydrogen-bond donors (Lipinski definition) is 3. The summed E-state index contributed by atoms with van der Waals surface area (Å²) in [5.74, 6) is -0.265. The summed E-state index contributed by atoms with van der Waals surface area (Å²) in [5.41, 5.74) is 0.580. The van der Waals surface area contributed by atoms with Gasteiger partial charge in [0, 0.05) is 22.8 Å². The van der Waals surface area contributed by atoms with Gasteiger partial charge in [-0.25, -0.2) is 0 Å². The first-order valence-electron chi connectivity index (χ1n) is 8.06. The lowest BCUT2D eigenvalue weighted by atomic mass is 9.80. The molecule has 0 amide bonds. The van der Waals surface area contributed by atoms with Crippen LogP contribution in [0.1, 0.15) is 40.5 Å². The molecule has 1 aromatic carbocycles. The van der Waals surface area contributed by atoms with Crippen molar-refractivity contribution in [3.8, 4) is 5.75 Å². The number of thiocarbonyl (C=S) groups is 1. The maximum Gasteiger partial charge on any atom is 0.573 e. The van der Waals surface area contributed by atoms with Crippen molar-refractivity contribution in [2.45, 2.75) is 64.0 Å². The van der Waals surface area contributed by atoms with Crippen molar-refractivity contribution >= 4 is 23.0 Å². The topological polar surface area (TPSA) is 45.3 Å². The molecule has 4 nitrogen and oxygen atoms in total. The van der Waals surface area contributed by atoms with E-state index in [-0.39, 0.29) is 22.9 Å². The maximum atomic E-state index is 12.2. The number of alkyl halides is 3. The fourth-order valence-electron chi connectivity index (χ4n) is 3.52. The molecular weight excluding hydrogens is 351 g/mol. The fourth-order valence-corrected chi connectivity index (χ4v) is 3.80. The van der Waals surface area contributed by atoms with Gasteiger partial charge in [0.1, 0.15) is 5.75 Å². The van der Waals surface area contributed by atoms with Gasteiger partial charge >= 0.3 is 6.36 Å². The highest BCUT2D eigenvalue weighted by Gasteiger charge is 2.37. The zero-order chi connectivity index (χ0) is 18.9. The lowest BCUT2D eigenvalue weighted by molar-refractivity contribution is -0.274. The number of nitrogens with one attached hydrogen (secondary N) is 3. The first kappa shape index (κ1) is 19.8. The van der Waals surface area contributed by atoms with Crippen molar-refractivity contribution in [3.05, 3.63) is 24.3 Å². The molecule has 1 heterocycles. The third-order valence-corrected chi connectivity index (χ3v) is 4.09. The van der Waals surface area contributed by atoms with Crippen molar-refractivity contribution in [1.82, 2.24) is 10.6 Å². The highest BCUT2D eigenvalue weighted by molar-refractivity contribution is 7.80. The van der Waals surface area contributed by atoms with Crippen molar-refractivity contribution in [2.75, 3.05) is 5.32 Å². The van der Waals surface area contributed by atoms with E-state index in [0.29, 0.717) is 10.8 Å². The second-order valence-corrected chi connectivity index (χ2v) is 8.08. The third kappa shape index (κ3) is 6.70. The van der Waals surface area contributed by atoms with Gasteiger partial charge in [-0.1, -0.05) is 0 Å². The Morgan fingerprint density at radius 1 is 1.12 bits per heavy atom. The number of anilines is 1. The molecule has 0 bridgehead atoms. The smallest absolute Gasteiger partial charge is 0.406 e. The van der Waals surface area contributed by atoms with Gasteiger partial charge in [0.2, 0.25) is 0 Å². The normalized spacial score (nSPS) is 20.0. The minimum atomic E-state index is -4.69. The number of hydrogen-bond acceptors (Lipinski definition) is 3. The average Bonchev–Trinajstić information content (AvgIpc) is 2.35. The molecule has 0 atom stereocenters. The number of ether oxygens (including phenoxy) is 1. The minimum Gasteiger partial charge on any atom is -0.406 e. The average molecular weight is 375 g/mol. The van der Waals surface area contributed by atoms with Crippen LogP contribution in [0.4, 0.5) is 18.9 Å². The lowest BCUT2D eigenvalue weighted by Gasteiger charge is -2.46. The summed E-state index contributed by atoms with van der Waals surface area (Å²) in [5, 5.41) is 10.3. The Hall–Kier alpha value is -1.54. The van der Waals surface area contributed by atoms with Gasteiger partial charge in [0.25, 0.3) is 0 Å². The van der Waals surface area contributed by atoms with Gasteiger partial charge in [0.15, 0.2) is 5.11 Å². The maximum absolute atomic E-state index is 12.2. The van der Waals surface area contributed by atoms with Crippen LogP contribution in [0.15, 0.2) is 24.3 Å². The molecule has 2 rings (SSSR count). The van der Waals surface area contributed by atoms with Crippen LogP contribution >= 0.6 is 12.2 Å². The summed E-state index contributed by atoms with van der Waals surface area (Å²) in [6.07, 6.45) is -2.87. The Bertz CT molecular complexity index is 599. The molecule has 0 unspecified atom stereocenters. The van der Waals surface area contributed by atoms with Gasteiger partial charge in [-0.15, -0.1) is 13.2 Å². The highest BCUT2D eigenvalue weighted by Crippen LogP contribution is 2.28. The summed E-state index contributed by atoms with van der Waals surface area (Å²) in [6, 6.07) is 5.68. The summed E-state index contributed by atoms with van der Waals surface area (Å²) < 4.78 is 40.3. The number of benzene rings is 1. The van der Waals surface area contributed by atoms with Crippen LogP contribution in [0.2, 0.25) is 0 Å². The second kappa shape index (κ2) is 6.99. The van der Waals surface area contributed by atoms with Crippen molar-refractivity contribution in [1.29, 1.82) is 0 Å². The predicted octanol–water partition coefficient (Wildman–Crippen LogP) is 4.18. The molecule has 8 heteroatoms. The van der Waals surface area contributed by atoms with Crippen molar-refractivity contribution < 1.29 is 17.9 Å². The SMILES string of the molecule is CC1(C)CC(NC(=S)Nc2ccc(OC(F)(F)F)cc2)CC(C)(C)N1. The van der Waals surface area contributed by atoms with Gasteiger partial charge in [-0.3, -0.25) is 0 Å². The Morgan fingerprint density at radius 2 is 1.64 bits per heavy atom. The molecule has 1 saturated heterocycles. The Morgan fingerprint density at radius 3 is 2.12 bits per heavy atom. The number of halogens is 3. The van der Waals surface area contributed by atoms with Crippen LogP contribution in [-0.4, -0.2) is 28.6 Å². The first-order valence-corrected chi connectivity index (χ1v) is 8.47. The molecule has 0 saturated carbocycles. The first-order chi connectivity index (χ1) is 11.3. The molecule has 1 aliphatic heterocycles. The number of piperidine rings is 1. The second-order valence-electron chi connectivity index (χ2n) is 7.67. The molecule has 1 fully saturated rings. The molecule has 0 aliphatic carbocycles. The van der Waals surface area contributed by atoms with Crippen molar-refractivity contribution in [3.63, 3.8) is 0 Å². The van der Waals surface area contributed by atoms with Crippen molar-refractivity contribution in [2.24, 2.45) is 0 Å². The number of rotatable bonds is 3. The largest absolute Gasteiger partial charge is 0.573 e. The van der Waals surface area contributed by atoms with Crippen LogP contribution in [0.5, 0.6) is 5.75 Å². The Labute approximate surface area is 151 Å². The van der Waals surface area contributed by atoms with E-state index in [0.717, 1.165) is 12.8 Å². The third-order valence-electron chi connectivity index (χ3n) is 3.87. The zero-order valence-electron chi connectivity index (χ0n) is 14.8. The van der Waals surface area contributed by atoms with E-state index in [1.54, 1.807) is 0 Å². The van der Waals surface area contributed by atoms with E-state index in [2.05, 4.69) is 48.4 Å². The Balaban J connectivity index is 1.92. The molecule has 0 spiro atoms. The monoisotopic (exact) mass is 375 g/mol. The molecule has 1 aliphatic rings. The van der Waals surface area contributed by atoms with Crippen LogP contribution in [0.3, 0.4) is 0 Å². The van der Waals surface area contributed by atoms with Crippen LogP contribution in [0.25, 0.3) is 0 Å². The Kier molecular flexibility index (Phi) is 5.53. The van der Waals surface area contributed by atoms with Gasteiger partial charge in [-0.2, -0.15) is 0 Å². The van der Waals surface area contributed by atoms with Crippen LogP contribution in [0, 0.1) is 0 Å². The van der Waals surface area contributed by atoms with E-state index in [1.165, 1.54) is 24.3 Å². The summed E-state index contributed by atoms with van der Waals surface area (Å²) in [7, 11) is 0. The van der Waals surface area contributed by atoms with Gasteiger partial charge in [0.05, 0.1) is 0 Å². The molecule has 1 aromatic rings. The van der Waals surface area contributed by atoms with E-state index < -0.39 is 6.36 Å². The van der Waals surface area contributed by atoms with E-state index >= 15 is 0 Å². The standard InChI is InChI=1S/C17H24F3N3OS/c1-15(2)9-12(10-16(3,4)23-15)22-14(25)21-11-5-7-13(8-6-11)24-17(18,19)20/h5-8,12,23H,9-10H2,1-4H3,(H2,21,22,25). The molecule has 140 valence electrons. The quantitative estimate of drug-likeness (QED) is 0.692. The highest BCUT2D eigenvalue weighted by atomic mass is 32.1. The summed E-state index contributed by atoms with van der Waals surface area (Å²) in [6.45, 7) is 8.60. The van der Waals surface area contributed by atoms with E-state index in [9.17, 15) is 13.2 Å². The lowest BCUT2D eigenvalue weighted by Crippen LogP contribution is -2.62. The van der Waals surface area contributed by atoms with Gasteiger partial charge in [-0.05, 0) is 77.0 Å². The molecular formula is C17H24F3N3OS. The molecule has 3 N–H and O–H groups in total. The fraction of sp³-hybridized carbons (Fsp3) is 0.588. The van der Waals surface area contributed by atoms with Crippen LogP contribution in [-0.2, 0) is 0 Å². The molecule has 0 aromatic heterocycles. The predicted molar refractivity (Wildman–Crippen MR) is 96.8 cm³/mol. The van der Waals surface area contributed by atoms with Crippen LogP contribution < -0.4 is 20.7 Å². The van der Waals surface area contributed by atoms with E-state index in [4.69, 9.17) is 12.2 Å².